The van der Waals surface area contributed by atoms with E-state index in [1.165, 1.54) is 17.1 Å². The first-order valence-corrected chi connectivity index (χ1v) is 5.94. The number of hydrogen-bond acceptors (Lipinski definition) is 3. The predicted octanol–water partition coefficient (Wildman–Crippen LogP) is 2.35. The van der Waals surface area contributed by atoms with Gasteiger partial charge in [0.05, 0.1) is 0 Å². The second kappa shape index (κ2) is 3.72. The summed E-state index contributed by atoms with van der Waals surface area (Å²) in [5.74, 6) is 0.0625. The third kappa shape index (κ3) is 1.42. The van der Waals surface area contributed by atoms with Gasteiger partial charge in [0.2, 0.25) is 0 Å². The molecule has 0 atom stereocenters. The molecule has 1 aromatic heterocycles. The molecule has 0 saturated heterocycles. The van der Waals surface area contributed by atoms with E-state index in [-0.39, 0.29) is 5.91 Å². The highest BCUT2D eigenvalue weighted by atomic mass is 32.1. The number of rotatable bonds is 1. The van der Waals surface area contributed by atoms with E-state index in [9.17, 15) is 4.79 Å². The van der Waals surface area contributed by atoms with Crippen LogP contribution in [0.1, 0.15) is 15.2 Å². The van der Waals surface area contributed by atoms with E-state index in [2.05, 4.69) is 10.4 Å². The van der Waals surface area contributed by atoms with Crippen molar-refractivity contribution in [3.05, 3.63) is 47.0 Å². The molecule has 1 aliphatic rings. The lowest BCUT2D eigenvalue weighted by Crippen LogP contribution is -2.28. The van der Waals surface area contributed by atoms with Crippen LogP contribution in [0.25, 0.3) is 0 Å². The lowest BCUT2D eigenvalue weighted by Gasteiger charge is -2.15. The van der Waals surface area contributed by atoms with Crippen molar-refractivity contribution in [3.8, 4) is 0 Å². The van der Waals surface area contributed by atoms with Crippen LogP contribution in [0.15, 0.2) is 36.5 Å². The Morgan fingerprint density at radius 1 is 1.31 bits per heavy atom. The first kappa shape index (κ1) is 9.54. The van der Waals surface area contributed by atoms with Crippen LogP contribution < -0.4 is 4.90 Å². The number of aromatic nitrogens is 1. The summed E-state index contributed by atoms with van der Waals surface area (Å²) in [4.78, 5) is 14.7. The molecule has 0 radical (unpaired) electrons. The van der Waals surface area contributed by atoms with Crippen molar-refractivity contribution in [1.82, 2.24) is 4.37 Å². The number of carbonyl (C=O) groups excluding carboxylic acids is 1. The maximum absolute atomic E-state index is 12.2. The quantitative estimate of drug-likeness (QED) is 0.753. The molecule has 0 bridgehead atoms. The van der Waals surface area contributed by atoms with Gasteiger partial charge in [0.15, 0.2) is 0 Å². The largest absolute Gasteiger partial charge is 0.307 e. The fourth-order valence-corrected chi connectivity index (χ4v) is 2.55. The van der Waals surface area contributed by atoms with Gasteiger partial charge in [-0.3, -0.25) is 4.79 Å². The number of carbonyl (C=O) groups is 1. The van der Waals surface area contributed by atoms with Gasteiger partial charge >= 0.3 is 0 Å². The Bertz CT molecular complexity index is 522. The van der Waals surface area contributed by atoms with E-state index in [1.807, 2.05) is 23.1 Å². The molecule has 3 nitrogen and oxygen atoms in total. The predicted molar refractivity (Wildman–Crippen MR) is 63.9 cm³/mol. The van der Waals surface area contributed by atoms with Gasteiger partial charge in [0.25, 0.3) is 5.91 Å². The number of benzene rings is 1. The van der Waals surface area contributed by atoms with Gasteiger partial charge < -0.3 is 4.90 Å². The summed E-state index contributed by atoms with van der Waals surface area (Å²) in [6.45, 7) is 0.774. The van der Waals surface area contributed by atoms with Crippen molar-refractivity contribution >= 4 is 23.1 Å². The Kier molecular flexibility index (Phi) is 2.22. The minimum atomic E-state index is 0.0625. The van der Waals surface area contributed by atoms with Crippen LogP contribution >= 0.6 is 11.5 Å². The third-order valence-electron chi connectivity index (χ3n) is 2.78. The number of nitrogens with zero attached hydrogens (tertiary/aromatic N) is 2. The van der Waals surface area contributed by atoms with Crippen molar-refractivity contribution in [2.75, 3.05) is 11.4 Å². The number of para-hydroxylation sites is 1. The van der Waals surface area contributed by atoms with Crippen LogP contribution in [-0.4, -0.2) is 16.8 Å². The molecule has 1 amide bonds. The number of amides is 1. The molecule has 16 heavy (non-hydrogen) atoms. The zero-order valence-electron chi connectivity index (χ0n) is 8.59. The van der Waals surface area contributed by atoms with Gasteiger partial charge in [-0.15, -0.1) is 0 Å². The highest BCUT2D eigenvalue weighted by Gasteiger charge is 2.25. The Morgan fingerprint density at radius 2 is 2.19 bits per heavy atom. The Balaban J connectivity index is 1.96. The lowest BCUT2D eigenvalue weighted by atomic mass is 10.2. The first-order chi connectivity index (χ1) is 7.86. The third-order valence-corrected chi connectivity index (χ3v) is 3.52. The van der Waals surface area contributed by atoms with E-state index < -0.39 is 0 Å². The number of fused-ring (bicyclic) bond motifs is 1. The average Bonchev–Trinajstić information content (AvgIpc) is 2.98. The SMILES string of the molecule is O=C(c1ccns1)N1CCc2ccccc21. The van der Waals surface area contributed by atoms with Gasteiger partial charge in [0, 0.05) is 18.4 Å². The van der Waals surface area contributed by atoms with Crippen LogP contribution in [0, 0.1) is 0 Å². The van der Waals surface area contributed by atoms with Crippen LogP contribution in [0.4, 0.5) is 5.69 Å². The summed E-state index contributed by atoms with van der Waals surface area (Å²) in [5.41, 5.74) is 2.29. The zero-order valence-corrected chi connectivity index (χ0v) is 9.41. The lowest BCUT2D eigenvalue weighted by molar-refractivity contribution is 0.0993. The molecule has 2 aromatic rings. The average molecular weight is 230 g/mol. The van der Waals surface area contributed by atoms with Crippen molar-refractivity contribution in [2.45, 2.75) is 6.42 Å². The second-order valence-electron chi connectivity index (χ2n) is 3.71. The van der Waals surface area contributed by atoms with Gasteiger partial charge in [0.1, 0.15) is 4.88 Å². The Labute approximate surface area is 97.5 Å². The molecular weight excluding hydrogens is 220 g/mol. The summed E-state index contributed by atoms with van der Waals surface area (Å²) in [5, 5.41) is 0. The van der Waals surface area contributed by atoms with Crippen LogP contribution in [-0.2, 0) is 6.42 Å². The molecule has 2 heterocycles. The highest BCUT2D eigenvalue weighted by molar-refractivity contribution is 7.08. The molecule has 80 valence electrons. The fraction of sp³-hybridized carbons (Fsp3) is 0.167. The van der Waals surface area contributed by atoms with E-state index in [0.717, 1.165) is 18.7 Å². The normalized spacial score (nSPS) is 13.9. The van der Waals surface area contributed by atoms with Crippen molar-refractivity contribution in [1.29, 1.82) is 0 Å². The topological polar surface area (TPSA) is 33.2 Å². The van der Waals surface area contributed by atoms with Gasteiger partial charge in [-0.05, 0) is 35.6 Å². The molecule has 0 unspecified atom stereocenters. The molecule has 3 rings (SSSR count). The number of hydrogen-bond donors (Lipinski definition) is 0. The summed E-state index contributed by atoms with van der Waals surface area (Å²) in [6, 6.07) is 9.83. The second-order valence-corrected chi connectivity index (χ2v) is 4.55. The van der Waals surface area contributed by atoms with Crippen LogP contribution in [0.2, 0.25) is 0 Å². The molecule has 1 aromatic carbocycles. The standard InChI is InChI=1S/C12H10N2OS/c15-12(11-5-7-13-16-11)14-8-6-9-3-1-2-4-10(9)14/h1-5,7H,6,8H2. The van der Waals surface area contributed by atoms with Gasteiger partial charge in [-0.2, -0.15) is 0 Å². The van der Waals surface area contributed by atoms with Gasteiger partial charge in [-0.1, -0.05) is 18.2 Å². The summed E-state index contributed by atoms with van der Waals surface area (Å²) in [6.07, 6.45) is 2.61. The highest BCUT2D eigenvalue weighted by Crippen LogP contribution is 2.29. The van der Waals surface area contributed by atoms with E-state index in [1.54, 1.807) is 12.3 Å². The molecule has 1 aliphatic heterocycles. The molecule has 0 aliphatic carbocycles. The minimum Gasteiger partial charge on any atom is -0.307 e. The van der Waals surface area contributed by atoms with E-state index >= 15 is 0 Å². The van der Waals surface area contributed by atoms with Crippen LogP contribution in [0.5, 0.6) is 0 Å². The van der Waals surface area contributed by atoms with E-state index in [0.29, 0.717) is 4.88 Å². The van der Waals surface area contributed by atoms with Crippen LogP contribution in [0.3, 0.4) is 0 Å². The van der Waals surface area contributed by atoms with Gasteiger partial charge in [-0.25, -0.2) is 4.37 Å². The summed E-state index contributed by atoms with van der Waals surface area (Å²) in [7, 11) is 0. The molecular formula is C12H10N2OS. The Morgan fingerprint density at radius 3 is 3.00 bits per heavy atom. The maximum atomic E-state index is 12.2. The molecule has 0 fully saturated rings. The molecule has 4 heteroatoms. The molecule has 0 N–H and O–H groups in total. The molecule has 0 spiro atoms. The molecule has 0 saturated carbocycles. The number of anilines is 1. The zero-order chi connectivity index (χ0) is 11.0. The monoisotopic (exact) mass is 230 g/mol. The minimum absolute atomic E-state index is 0.0625. The van der Waals surface area contributed by atoms with Crippen molar-refractivity contribution < 1.29 is 4.79 Å². The van der Waals surface area contributed by atoms with E-state index in [4.69, 9.17) is 0 Å². The summed E-state index contributed by atoms with van der Waals surface area (Å²) >= 11 is 1.25. The smallest absolute Gasteiger partial charge is 0.269 e. The van der Waals surface area contributed by atoms with Crippen molar-refractivity contribution in [3.63, 3.8) is 0 Å². The maximum Gasteiger partial charge on any atom is 0.269 e. The fourth-order valence-electron chi connectivity index (χ4n) is 2.01. The Hall–Kier alpha value is -1.68. The first-order valence-electron chi connectivity index (χ1n) is 5.17. The summed E-state index contributed by atoms with van der Waals surface area (Å²) < 4.78 is 3.96. The van der Waals surface area contributed by atoms with Crippen molar-refractivity contribution in [2.24, 2.45) is 0 Å².